The van der Waals surface area contributed by atoms with Crippen molar-refractivity contribution < 1.29 is 22.8 Å². The number of amides is 2. The fraction of sp³-hybridized carbons (Fsp3) is 0.500. The first-order valence-corrected chi connectivity index (χ1v) is 7.58. The number of unbranched alkanes of at least 4 members (excludes halogenated alkanes) is 1. The van der Waals surface area contributed by atoms with Crippen LogP contribution in [0.1, 0.15) is 31.7 Å². The van der Waals surface area contributed by atoms with E-state index >= 15 is 0 Å². The van der Waals surface area contributed by atoms with E-state index in [2.05, 4.69) is 10.6 Å². The van der Waals surface area contributed by atoms with Gasteiger partial charge in [-0.3, -0.25) is 9.59 Å². The van der Waals surface area contributed by atoms with Crippen molar-refractivity contribution in [2.45, 2.75) is 32.4 Å². The van der Waals surface area contributed by atoms with Crippen LogP contribution in [0.3, 0.4) is 0 Å². The smallest absolute Gasteiger partial charge is 0.356 e. The lowest BCUT2D eigenvalue weighted by molar-refractivity contribution is -0.137. The lowest BCUT2D eigenvalue weighted by atomic mass is 10.2. The first-order chi connectivity index (χ1) is 10.8. The van der Waals surface area contributed by atoms with Crippen molar-refractivity contribution in [3.8, 4) is 0 Å². The summed E-state index contributed by atoms with van der Waals surface area (Å²) in [5.74, 6) is -1.20. The topological polar surface area (TPSA) is 58.2 Å². The summed E-state index contributed by atoms with van der Waals surface area (Å²) in [6.07, 6.45) is -2.06. The van der Waals surface area contributed by atoms with Gasteiger partial charge in [0, 0.05) is 12.2 Å². The zero-order valence-corrected chi connectivity index (χ0v) is 12.7. The van der Waals surface area contributed by atoms with Gasteiger partial charge >= 0.3 is 6.18 Å². The van der Waals surface area contributed by atoms with Crippen LogP contribution in [0, 0.1) is 11.8 Å². The van der Waals surface area contributed by atoms with Gasteiger partial charge in [0.25, 0.3) is 0 Å². The van der Waals surface area contributed by atoms with Gasteiger partial charge in [0.15, 0.2) is 0 Å². The highest BCUT2D eigenvalue weighted by Crippen LogP contribution is 2.39. The average molecular weight is 328 g/mol. The third kappa shape index (κ3) is 4.71. The van der Waals surface area contributed by atoms with Gasteiger partial charge < -0.3 is 10.6 Å². The van der Waals surface area contributed by atoms with E-state index in [1.165, 1.54) is 12.1 Å². The molecule has 1 aliphatic rings. The molecule has 0 aromatic heterocycles. The molecule has 0 radical (unpaired) electrons. The van der Waals surface area contributed by atoms with Crippen LogP contribution in [0.4, 0.5) is 18.9 Å². The molecule has 0 saturated heterocycles. The standard InChI is InChI=1S/C16H19F3N2O2/c1-2-3-8-20-14(22)12-9-13(12)15(23)21-11-6-4-10(5-7-11)16(17,18)19/h4-7,12-13H,2-3,8-9H2,1H3,(H,20,22)(H,21,23). The molecule has 1 aromatic carbocycles. The molecule has 2 N–H and O–H groups in total. The van der Waals surface area contributed by atoms with Crippen LogP contribution in [-0.2, 0) is 15.8 Å². The number of benzene rings is 1. The van der Waals surface area contributed by atoms with Gasteiger partial charge in [0.1, 0.15) is 0 Å². The maximum Gasteiger partial charge on any atom is 0.416 e. The van der Waals surface area contributed by atoms with Gasteiger partial charge in [0.2, 0.25) is 11.8 Å². The molecule has 2 rings (SSSR count). The number of alkyl halides is 3. The fourth-order valence-corrected chi connectivity index (χ4v) is 2.27. The van der Waals surface area contributed by atoms with Crippen molar-refractivity contribution in [3.05, 3.63) is 29.8 Å². The summed E-state index contributed by atoms with van der Waals surface area (Å²) in [4.78, 5) is 23.8. The Morgan fingerprint density at radius 1 is 1.13 bits per heavy atom. The molecule has 2 unspecified atom stereocenters. The first kappa shape index (κ1) is 17.3. The number of hydrogen-bond acceptors (Lipinski definition) is 2. The minimum absolute atomic E-state index is 0.133. The molecule has 126 valence electrons. The number of nitrogens with one attached hydrogen (secondary N) is 2. The van der Waals surface area contributed by atoms with Crippen LogP contribution in [0.5, 0.6) is 0 Å². The van der Waals surface area contributed by atoms with Crippen molar-refractivity contribution in [3.63, 3.8) is 0 Å². The third-order valence-electron chi connectivity index (χ3n) is 3.77. The molecule has 2 atom stereocenters. The number of carbonyl (C=O) groups excluding carboxylic acids is 2. The van der Waals surface area contributed by atoms with Crippen molar-refractivity contribution in [2.24, 2.45) is 11.8 Å². The number of hydrogen-bond donors (Lipinski definition) is 2. The number of rotatable bonds is 6. The summed E-state index contributed by atoms with van der Waals surface area (Å²) >= 11 is 0. The molecule has 1 aromatic rings. The van der Waals surface area contributed by atoms with Gasteiger partial charge in [-0.05, 0) is 37.1 Å². The highest BCUT2D eigenvalue weighted by Gasteiger charge is 2.47. The molecule has 0 aliphatic heterocycles. The van der Waals surface area contributed by atoms with Crippen LogP contribution >= 0.6 is 0 Å². The van der Waals surface area contributed by atoms with E-state index in [1.807, 2.05) is 6.92 Å². The van der Waals surface area contributed by atoms with Crippen LogP contribution in [0.15, 0.2) is 24.3 Å². The van der Waals surface area contributed by atoms with Crippen LogP contribution in [-0.4, -0.2) is 18.4 Å². The molecular weight excluding hydrogens is 309 g/mol. The zero-order chi connectivity index (χ0) is 17.0. The molecule has 7 heteroatoms. The van der Waals surface area contributed by atoms with E-state index in [4.69, 9.17) is 0 Å². The van der Waals surface area contributed by atoms with E-state index in [9.17, 15) is 22.8 Å². The van der Waals surface area contributed by atoms with E-state index in [0.717, 1.165) is 25.0 Å². The summed E-state index contributed by atoms with van der Waals surface area (Å²) in [7, 11) is 0. The van der Waals surface area contributed by atoms with Gasteiger partial charge in [-0.1, -0.05) is 13.3 Å². The Balaban J connectivity index is 1.83. The highest BCUT2D eigenvalue weighted by atomic mass is 19.4. The summed E-state index contributed by atoms with van der Waals surface area (Å²) in [5.41, 5.74) is -0.477. The summed E-state index contributed by atoms with van der Waals surface area (Å²) < 4.78 is 37.4. The van der Waals surface area contributed by atoms with Crippen molar-refractivity contribution in [2.75, 3.05) is 11.9 Å². The molecule has 0 heterocycles. The second-order valence-electron chi connectivity index (χ2n) is 5.66. The monoisotopic (exact) mass is 328 g/mol. The third-order valence-corrected chi connectivity index (χ3v) is 3.77. The Morgan fingerprint density at radius 2 is 1.74 bits per heavy atom. The Kier molecular flexibility index (Phi) is 5.28. The molecule has 23 heavy (non-hydrogen) atoms. The molecule has 1 fully saturated rings. The molecular formula is C16H19F3N2O2. The van der Waals surface area contributed by atoms with Crippen LogP contribution in [0.2, 0.25) is 0 Å². The van der Waals surface area contributed by atoms with Gasteiger partial charge in [-0.2, -0.15) is 13.2 Å². The molecule has 0 bridgehead atoms. The predicted octanol–water partition coefficient (Wildman–Crippen LogP) is 3.20. The minimum Gasteiger partial charge on any atom is -0.356 e. The van der Waals surface area contributed by atoms with Gasteiger partial charge in [-0.25, -0.2) is 0 Å². The van der Waals surface area contributed by atoms with Gasteiger partial charge in [0.05, 0.1) is 17.4 Å². The first-order valence-electron chi connectivity index (χ1n) is 7.58. The van der Waals surface area contributed by atoms with E-state index in [1.54, 1.807) is 0 Å². The average Bonchev–Trinajstić information content (AvgIpc) is 3.27. The summed E-state index contributed by atoms with van der Waals surface area (Å²) in [6.45, 7) is 2.61. The molecule has 1 aliphatic carbocycles. The lowest BCUT2D eigenvalue weighted by Gasteiger charge is -2.09. The van der Waals surface area contributed by atoms with Crippen molar-refractivity contribution >= 4 is 17.5 Å². The molecule has 1 saturated carbocycles. The highest BCUT2D eigenvalue weighted by molar-refractivity contribution is 5.99. The van der Waals surface area contributed by atoms with E-state index < -0.39 is 17.7 Å². The molecule has 0 spiro atoms. The lowest BCUT2D eigenvalue weighted by Crippen LogP contribution is -2.28. The zero-order valence-electron chi connectivity index (χ0n) is 12.7. The van der Waals surface area contributed by atoms with E-state index in [0.29, 0.717) is 18.7 Å². The maximum absolute atomic E-state index is 12.5. The second-order valence-corrected chi connectivity index (χ2v) is 5.66. The normalized spacial score (nSPS) is 20.0. The Bertz CT molecular complexity index is 570. The summed E-state index contributed by atoms with van der Waals surface area (Å²) in [6, 6.07) is 4.24. The molecule has 2 amide bonds. The SMILES string of the molecule is CCCCNC(=O)C1CC1C(=O)Nc1ccc(C(F)(F)F)cc1. The Morgan fingerprint density at radius 3 is 2.30 bits per heavy atom. The minimum atomic E-state index is -4.40. The quantitative estimate of drug-likeness (QED) is 0.788. The van der Waals surface area contributed by atoms with Crippen LogP contribution < -0.4 is 10.6 Å². The maximum atomic E-state index is 12.5. The Labute approximate surface area is 132 Å². The van der Waals surface area contributed by atoms with Crippen molar-refractivity contribution in [1.29, 1.82) is 0 Å². The largest absolute Gasteiger partial charge is 0.416 e. The molecule has 4 nitrogen and oxygen atoms in total. The van der Waals surface area contributed by atoms with Crippen molar-refractivity contribution in [1.82, 2.24) is 5.32 Å². The summed E-state index contributed by atoms with van der Waals surface area (Å²) in [5, 5.41) is 5.32. The van der Waals surface area contributed by atoms with Crippen LogP contribution in [0.25, 0.3) is 0 Å². The predicted molar refractivity (Wildman–Crippen MR) is 79.6 cm³/mol. The fourth-order valence-electron chi connectivity index (χ4n) is 2.27. The Hall–Kier alpha value is -2.05. The van der Waals surface area contributed by atoms with Gasteiger partial charge in [-0.15, -0.1) is 0 Å². The second kappa shape index (κ2) is 7.02. The van der Waals surface area contributed by atoms with E-state index in [-0.39, 0.29) is 17.7 Å². The number of halogens is 3. The number of carbonyl (C=O) groups is 2. The number of anilines is 1.